The molecule has 1 aliphatic carbocycles. The van der Waals surface area contributed by atoms with E-state index in [2.05, 4.69) is 50.9 Å². The van der Waals surface area contributed by atoms with Crippen molar-refractivity contribution < 1.29 is 29.3 Å². The molecule has 3 N–H and O–H groups in total. The molecule has 2 rings (SSSR count). The number of carbonyl (C=O) groups excluding carboxylic acids is 1. The Kier molecular flexibility index (Phi) is 12.0. The second-order valence-corrected chi connectivity index (χ2v) is 10.4. The second-order valence-electron chi connectivity index (χ2n) is 10.0. The highest BCUT2D eigenvalue weighted by molar-refractivity contribution is 6.32. The molecule has 9 heteroatoms. The zero-order valence-electron chi connectivity index (χ0n) is 21.8. The van der Waals surface area contributed by atoms with Gasteiger partial charge in [0.05, 0.1) is 12.1 Å². The minimum Gasteiger partial charge on any atom is -0.495 e. The zero-order valence-corrected chi connectivity index (χ0v) is 22.6. The first-order valence-electron chi connectivity index (χ1n) is 12.1. The van der Waals surface area contributed by atoms with Crippen LogP contribution in [-0.4, -0.2) is 66.2 Å². The van der Waals surface area contributed by atoms with E-state index in [1.165, 1.54) is 0 Å². The lowest BCUT2D eigenvalue weighted by atomic mass is 10.0. The van der Waals surface area contributed by atoms with Crippen molar-refractivity contribution in [2.24, 2.45) is 16.7 Å². The van der Waals surface area contributed by atoms with Gasteiger partial charge in [0, 0.05) is 19.0 Å². The van der Waals surface area contributed by atoms with Crippen molar-refractivity contribution in [3.8, 4) is 5.75 Å². The number of halogens is 1. The Hall–Kier alpha value is -2.32. The fourth-order valence-electron chi connectivity index (χ4n) is 4.54. The summed E-state index contributed by atoms with van der Waals surface area (Å²) in [4.78, 5) is 33.1. The lowest BCUT2D eigenvalue weighted by molar-refractivity contribution is -0.159. The summed E-state index contributed by atoms with van der Waals surface area (Å²) in [6.45, 7) is 14.9. The van der Waals surface area contributed by atoms with E-state index in [1.54, 1.807) is 7.11 Å². The molecule has 1 aromatic carbocycles. The van der Waals surface area contributed by atoms with Crippen LogP contribution in [0.3, 0.4) is 0 Å². The fraction of sp³-hybridized carbons (Fsp3) is 0.654. The molecule has 1 fully saturated rings. The van der Waals surface area contributed by atoms with Gasteiger partial charge in [0.15, 0.2) is 0 Å². The maximum absolute atomic E-state index is 12.4. The number of carbonyl (C=O) groups is 3. The number of benzene rings is 1. The highest BCUT2D eigenvalue weighted by atomic mass is 35.5. The summed E-state index contributed by atoms with van der Waals surface area (Å²) < 4.78 is 5.47. The maximum atomic E-state index is 12.4. The third-order valence-corrected chi connectivity index (χ3v) is 7.45. The second kappa shape index (κ2) is 13.7. The normalized spacial score (nSPS) is 15.7. The van der Waals surface area contributed by atoms with Crippen LogP contribution in [0.2, 0.25) is 5.02 Å². The van der Waals surface area contributed by atoms with E-state index in [0.717, 1.165) is 63.2 Å². The average Bonchev–Trinajstić information content (AvgIpc) is 3.19. The van der Waals surface area contributed by atoms with E-state index in [-0.39, 0.29) is 22.7 Å². The van der Waals surface area contributed by atoms with Gasteiger partial charge in [-0.3, -0.25) is 4.79 Å². The quantitative estimate of drug-likeness (QED) is 0.282. The SMILES string of the molecule is CCCN(CCCCNC(=O)C1C(C)(C)C1(C)C)CCc1cccc(Cl)c1OC.O=C(O)C(=O)O. The van der Waals surface area contributed by atoms with Crippen LogP contribution >= 0.6 is 11.6 Å². The summed E-state index contributed by atoms with van der Waals surface area (Å²) in [5, 5.41) is 18.6. The van der Waals surface area contributed by atoms with Crippen molar-refractivity contribution in [1.82, 2.24) is 10.2 Å². The summed E-state index contributed by atoms with van der Waals surface area (Å²) in [5.74, 6) is -2.50. The van der Waals surface area contributed by atoms with Gasteiger partial charge in [-0.25, -0.2) is 9.59 Å². The molecule has 0 saturated heterocycles. The summed E-state index contributed by atoms with van der Waals surface area (Å²) in [6, 6.07) is 5.94. The highest BCUT2D eigenvalue weighted by Crippen LogP contribution is 2.68. The molecular formula is C26H41ClN2O6. The average molecular weight is 513 g/mol. The minimum atomic E-state index is -1.82. The molecule has 0 aliphatic heterocycles. The molecule has 1 amide bonds. The Bertz CT molecular complexity index is 845. The first-order valence-corrected chi connectivity index (χ1v) is 12.5. The van der Waals surface area contributed by atoms with Crippen LogP contribution in [0.15, 0.2) is 18.2 Å². The molecule has 0 heterocycles. The molecular weight excluding hydrogens is 472 g/mol. The third-order valence-electron chi connectivity index (χ3n) is 7.16. The van der Waals surface area contributed by atoms with Crippen molar-refractivity contribution in [3.63, 3.8) is 0 Å². The lowest BCUT2D eigenvalue weighted by Crippen LogP contribution is -2.30. The number of nitrogens with one attached hydrogen (secondary N) is 1. The first-order chi connectivity index (χ1) is 16.3. The van der Waals surface area contributed by atoms with Crippen molar-refractivity contribution in [2.45, 2.75) is 60.3 Å². The smallest absolute Gasteiger partial charge is 0.414 e. The first kappa shape index (κ1) is 30.7. The summed E-state index contributed by atoms with van der Waals surface area (Å²) in [5.41, 5.74) is 1.37. The van der Waals surface area contributed by atoms with Crippen LogP contribution in [-0.2, 0) is 20.8 Å². The molecule has 0 bridgehead atoms. The third kappa shape index (κ3) is 8.69. The van der Waals surface area contributed by atoms with Crippen LogP contribution in [0.25, 0.3) is 0 Å². The van der Waals surface area contributed by atoms with Gasteiger partial charge in [0.2, 0.25) is 5.91 Å². The Labute approximate surface area is 214 Å². The van der Waals surface area contributed by atoms with E-state index >= 15 is 0 Å². The lowest BCUT2D eigenvalue weighted by Gasteiger charge is -2.22. The number of nitrogens with zero attached hydrogens (tertiary/aromatic N) is 1. The van der Waals surface area contributed by atoms with E-state index in [4.69, 9.17) is 36.1 Å². The van der Waals surface area contributed by atoms with Gasteiger partial charge in [0.1, 0.15) is 5.75 Å². The standard InChI is InChI=1S/C24H39ClN2O2.C2H2O4/c1-7-15-27(17-13-18-11-10-12-19(25)20(18)29-6)16-9-8-14-26-22(28)21-23(2,3)24(21,4)5;3-1(4)2(5)6/h10-12,21H,7-9,13-17H2,1-6H3,(H,26,28);(H,3,4)(H,5,6). The number of carboxylic acid groups (broad SMARTS) is 2. The van der Waals surface area contributed by atoms with Crippen molar-refractivity contribution in [1.29, 1.82) is 0 Å². The van der Waals surface area contributed by atoms with Gasteiger partial charge in [-0.2, -0.15) is 0 Å². The molecule has 1 saturated carbocycles. The van der Waals surface area contributed by atoms with E-state index in [0.29, 0.717) is 5.02 Å². The van der Waals surface area contributed by atoms with Crippen LogP contribution in [0, 0.1) is 16.7 Å². The van der Waals surface area contributed by atoms with Crippen molar-refractivity contribution >= 4 is 29.4 Å². The van der Waals surface area contributed by atoms with Crippen molar-refractivity contribution in [3.05, 3.63) is 28.8 Å². The Morgan fingerprint density at radius 1 is 1.03 bits per heavy atom. The Balaban J connectivity index is 0.000000905. The van der Waals surface area contributed by atoms with Crippen LogP contribution in [0.5, 0.6) is 5.75 Å². The molecule has 0 unspecified atom stereocenters. The predicted molar refractivity (Wildman–Crippen MR) is 137 cm³/mol. The van der Waals surface area contributed by atoms with Gasteiger partial charge in [0.25, 0.3) is 0 Å². The zero-order chi connectivity index (χ0) is 26.8. The van der Waals surface area contributed by atoms with Gasteiger partial charge in [-0.15, -0.1) is 0 Å². The van der Waals surface area contributed by atoms with Crippen LogP contribution in [0.4, 0.5) is 0 Å². The number of hydrogen-bond donors (Lipinski definition) is 3. The predicted octanol–water partition coefficient (Wildman–Crippen LogP) is 4.34. The molecule has 198 valence electrons. The fourth-order valence-corrected chi connectivity index (χ4v) is 4.81. The van der Waals surface area contributed by atoms with Crippen molar-refractivity contribution in [2.75, 3.05) is 33.3 Å². The van der Waals surface area contributed by atoms with E-state index in [1.807, 2.05) is 12.1 Å². The maximum Gasteiger partial charge on any atom is 0.414 e. The molecule has 8 nitrogen and oxygen atoms in total. The number of hydrogen-bond acceptors (Lipinski definition) is 5. The number of methoxy groups -OCH3 is 1. The molecule has 35 heavy (non-hydrogen) atoms. The van der Waals surface area contributed by atoms with Crippen LogP contribution in [0.1, 0.15) is 59.4 Å². The van der Waals surface area contributed by atoms with Gasteiger partial charge in [-0.05, 0) is 61.2 Å². The molecule has 1 aliphatic rings. The van der Waals surface area contributed by atoms with Gasteiger partial charge >= 0.3 is 11.9 Å². The van der Waals surface area contributed by atoms with Gasteiger partial charge < -0.3 is 25.2 Å². The Morgan fingerprint density at radius 2 is 1.63 bits per heavy atom. The summed E-state index contributed by atoms with van der Waals surface area (Å²) in [7, 11) is 1.67. The highest BCUT2D eigenvalue weighted by Gasteiger charge is 2.68. The number of ether oxygens (including phenoxy) is 1. The largest absolute Gasteiger partial charge is 0.495 e. The number of rotatable bonds is 12. The summed E-state index contributed by atoms with van der Waals surface area (Å²) in [6.07, 6.45) is 4.16. The number of carboxylic acids is 2. The van der Waals surface area contributed by atoms with Crippen LogP contribution < -0.4 is 10.1 Å². The molecule has 0 atom stereocenters. The number of aliphatic carboxylic acids is 2. The molecule has 1 aromatic rings. The molecule has 0 spiro atoms. The monoisotopic (exact) mass is 512 g/mol. The number of unbranched alkanes of at least 4 members (excludes halogenated alkanes) is 1. The summed E-state index contributed by atoms with van der Waals surface area (Å²) >= 11 is 6.24. The van der Waals surface area contributed by atoms with E-state index < -0.39 is 11.9 Å². The topological polar surface area (TPSA) is 116 Å². The minimum absolute atomic E-state index is 0.108. The number of amides is 1. The number of para-hydroxylation sites is 1. The molecule has 0 aromatic heterocycles. The van der Waals surface area contributed by atoms with E-state index in [9.17, 15) is 4.79 Å². The molecule has 0 radical (unpaired) electrons. The Morgan fingerprint density at radius 3 is 2.11 bits per heavy atom. The van der Waals surface area contributed by atoms with Gasteiger partial charge in [-0.1, -0.05) is 58.4 Å².